The molecule has 0 aromatic carbocycles. The maximum atomic E-state index is 6.00. The van der Waals surface area contributed by atoms with Crippen LogP contribution >= 0.6 is 37.2 Å². The first kappa shape index (κ1) is 22.5. The van der Waals surface area contributed by atoms with E-state index in [1.165, 1.54) is 0 Å². The Morgan fingerprint density at radius 2 is 1.83 bits per heavy atom. The van der Waals surface area contributed by atoms with Crippen molar-refractivity contribution in [3.63, 3.8) is 0 Å². The maximum absolute atomic E-state index is 6.00. The van der Waals surface area contributed by atoms with Crippen molar-refractivity contribution in [1.82, 2.24) is 9.88 Å². The number of hydrogen-bond acceptors (Lipinski definition) is 5. The highest BCUT2D eigenvalue weighted by atomic mass is 35.5. The second-order valence-electron chi connectivity index (χ2n) is 6.06. The van der Waals surface area contributed by atoms with Crippen molar-refractivity contribution in [1.29, 1.82) is 0 Å². The molecule has 2 aliphatic rings. The average molecular weight is 387 g/mol. The van der Waals surface area contributed by atoms with Gasteiger partial charge in [0.15, 0.2) is 11.6 Å². The third kappa shape index (κ3) is 5.84. The molecule has 0 amide bonds. The van der Waals surface area contributed by atoms with Crippen molar-refractivity contribution >= 4 is 43.0 Å². The molecule has 0 saturated carbocycles. The number of fused-ring (bicyclic) bond motifs is 1. The minimum Gasteiger partial charge on any atom is -0.482 e. The summed E-state index contributed by atoms with van der Waals surface area (Å²) in [5.41, 5.74) is -0.166. The molecule has 0 atom stereocenters. The molecule has 3 heterocycles. The Bertz CT molecular complexity index is 471. The van der Waals surface area contributed by atoms with Gasteiger partial charge in [-0.1, -0.05) is 0 Å². The van der Waals surface area contributed by atoms with Crippen molar-refractivity contribution in [2.24, 2.45) is 0 Å². The van der Waals surface area contributed by atoms with Gasteiger partial charge in [-0.2, -0.15) is 0 Å². The van der Waals surface area contributed by atoms with Gasteiger partial charge in [0, 0.05) is 32.4 Å². The van der Waals surface area contributed by atoms with Crippen LogP contribution in [-0.2, 0) is 4.74 Å². The number of halogens is 3. The Kier molecular flexibility index (Phi) is 9.55. The molecule has 134 valence electrons. The first-order chi connectivity index (χ1) is 9.64. The average Bonchev–Trinajstić information content (AvgIpc) is 2.45. The van der Waals surface area contributed by atoms with E-state index >= 15 is 0 Å². The summed E-state index contributed by atoms with van der Waals surface area (Å²) in [6, 6.07) is 3.94. The molecule has 0 aliphatic carbocycles. The van der Waals surface area contributed by atoms with Crippen LogP contribution in [0.3, 0.4) is 0 Å². The van der Waals surface area contributed by atoms with E-state index in [2.05, 4.69) is 28.6 Å². The summed E-state index contributed by atoms with van der Waals surface area (Å²) in [7, 11) is 0. The van der Waals surface area contributed by atoms with E-state index in [0.717, 1.165) is 57.5 Å². The molecule has 5 nitrogen and oxygen atoms in total. The minimum absolute atomic E-state index is 0. The van der Waals surface area contributed by atoms with Gasteiger partial charge < -0.3 is 14.4 Å². The number of hydrogen-bond donors (Lipinski definition) is 0. The van der Waals surface area contributed by atoms with E-state index in [1.54, 1.807) is 0 Å². The standard InChI is InChI=1S/C15H23N3O2.3ClH/c1-15(2)12-18(7-6-17-8-10-19-11-9-17)14-13(20-15)4-3-5-16-14;;;/h3-5H,6-12H2,1-2H3;3*1H. The van der Waals surface area contributed by atoms with Gasteiger partial charge in [-0.25, -0.2) is 4.98 Å². The van der Waals surface area contributed by atoms with Crippen molar-refractivity contribution in [2.45, 2.75) is 19.4 Å². The molecule has 1 fully saturated rings. The first-order valence-electron chi connectivity index (χ1n) is 7.33. The number of morpholine rings is 1. The zero-order chi connectivity index (χ0) is 14.0. The van der Waals surface area contributed by atoms with Gasteiger partial charge in [0.2, 0.25) is 0 Å². The predicted molar refractivity (Wildman–Crippen MR) is 100 cm³/mol. The summed E-state index contributed by atoms with van der Waals surface area (Å²) in [6.07, 6.45) is 1.84. The highest BCUT2D eigenvalue weighted by Gasteiger charge is 2.32. The lowest BCUT2D eigenvalue weighted by atomic mass is 10.1. The summed E-state index contributed by atoms with van der Waals surface area (Å²) < 4.78 is 11.4. The van der Waals surface area contributed by atoms with Crippen molar-refractivity contribution < 1.29 is 9.47 Å². The topological polar surface area (TPSA) is 37.8 Å². The van der Waals surface area contributed by atoms with Gasteiger partial charge in [-0.05, 0) is 26.0 Å². The van der Waals surface area contributed by atoms with E-state index in [-0.39, 0.29) is 42.8 Å². The van der Waals surface area contributed by atoms with Gasteiger partial charge in [0.05, 0.1) is 19.8 Å². The summed E-state index contributed by atoms with van der Waals surface area (Å²) in [6.45, 7) is 10.9. The van der Waals surface area contributed by atoms with Gasteiger partial charge in [0.25, 0.3) is 0 Å². The minimum atomic E-state index is -0.166. The van der Waals surface area contributed by atoms with Crippen molar-refractivity contribution in [3.8, 4) is 5.75 Å². The summed E-state index contributed by atoms with van der Waals surface area (Å²) in [5.74, 6) is 1.87. The van der Waals surface area contributed by atoms with Crippen LogP contribution < -0.4 is 9.64 Å². The van der Waals surface area contributed by atoms with E-state index in [4.69, 9.17) is 9.47 Å². The van der Waals surface area contributed by atoms with Crippen molar-refractivity contribution in [3.05, 3.63) is 18.3 Å². The van der Waals surface area contributed by atoms with Crippen LogP contribution in [0.5, 0.6) is 5.75 Å². The second-order valence-corrected chi connectivity index (χ2v) is 6.06. The van der Waals surface area contributed by atoms with Gasteiger partial charge in [-0.15, -0.1) is 37.2 Å². The lowest BCUT2D eigenvalue weighted by Gasteiger charge is -2.40. The molecular formula is C15H26Cl3N3O2. The highest BCUT2D eigenvalue weighted by Crippen LogP contribution is 2.34. The SMILES string of the molecule is CC1(C)CN(CCN2CCOCC2)c2ncccc2O1.Cl.Cl.Cl. The summed E-state index contributed by atoms with van der Waals surface area (Å²) in [4.78, 5) is 9.28. The lowest BCUT2D eigenvalue weighted by molar-refractivity contribution is 0.0380. The Morgan fingerprint density at radius 3 is 2.52 bits per heavy atom. The molecule has 1 aromatic rings. The highest BCUT2D eigenvalue weighted by molar-refractivity contribution is 5.86. The summed E-state index contributed by atoms with van der Waals surface area (Å²) >= 11 is 0. The van der Waals surface area contributed by atoms with Crippen LogP contribution in [0.25, 0.3) is 0 Å². The monoisotopic (exact) mass is 385 g/mol. The lowest BCUT2D eigenvalue weighted by Crippen LogP contribution is -2.50. The van der Waals surface area contributed by atoms with Crippen LogP contribution in [-0.4, -0.2) is 61.4 Å². The molecule has 1 aromatic heterocycles. The van der Waals surface area contributed by atoms with E-state index in [0.29, 0.717) is 0 Å². The molecule has 2 aliphatic heterocycles. The fourth-order valence-electron chi connectivity index (χ4n) is 2.84. The number of anilines is 1. The molecule has 0 spiro atoms. The van der Waals surface area contributed by atoms with Crippen LogP contribution in [0.4, 0.5) is 5.82 Å². The Balaban J connectivity index is 0.00000161. The zero-order valence-corrected chi connectivity index (χ0v) is 16.0. The van der Waals surface area contributed by atoms with Gasteiger partial charge >= 0.3 is 0 Å². The largest absolute Gasteiger partial charge is 0.482 e. The molecule has 0 bridgehead atoms. The van der Waals surface area contributed by atoms with Crippen LogP contribution in [0.2, 0.25) is 0 Å². The van der Waals surface area contributed by atoms with E-state index in [9.17, 15) is 0 Å². The van der Waals surface area contributed by atoms with Crippen LogP contribution in [0.15, 0.2) is 18.3 Å². The van der Waals surface area contributed by atoms with Crippen molar-refractivity contribution in [2.75, 3.05) is 50.8 Å². The molecule has 23 heavy (non-hydrogen) atoms. The van der Waals surface area contributed by atoms with Crippen LogP contribution in [0, 0.1) is 0 Å². The molecule has 0 N–H and O–H groups in total. The third-order valence-electron chi connectivity index (χ3n) is 3.80. The molecule has 8 heteroatoms. The number of pyridine rings is 1. The number of aromatic nitrogens is 1. The smallest absolute Gasteiger partial charge is 0.171 e. The normalized spacial score (nSPS) is 19.3. The number of rotatable bonds is 3. The number of nitrogens with zero attached hydrogens (tertiary/aromatic N) is 3. The molecule has 0 unspecified atom stereocenters. The third-order valence-corrected chi connectivity index (χ3v) is 3.80. The second kappa shape index (κ2) is 9.74. The molecule has 0 radical (unpaired) electrons. The van der Waals surface area contributed by atoms with Crippen LogP contribution in [0.1, 0.15) is 13.8 Å². The van der Waals surface area contributed by atoms with Gasteiger partial charge in [-0.3, -0.25) is 4.90 Å². The zero-order valence-electron chi connectivity index (χ0n) is 13.6. The summed E-state index contributed by atoms with van der Waals surface area (Å²) in [5, 5.41) is 0. The van der Waals surface area contributed by atoms with E-state index < -0.39 is 0 Å². The fraction of sp³-hybridized carbons (Fsp3) is 0.667. The molecular weight excluding hydrogens is 361 g/mol. The quantitative estimate of drug-likeness (QED) is 0.798. The van der Waals surface area contributed by atoms with Gasteiger partial charge in [0.1, 0.15) is 5.60 Å². The Labute approximate surface area is 156 Å². The van der Waals surface area contributed by atoms with E-state index in [1.807, 2.05) is 18.3 Å². The Hall–Kier alpha value is -0.460. The molecule has 1 saturated heterocycles. The first-order valence-corrected chi connectivity index (χ1v) is 7.33. The Morgan fingerprint density at radius 1 is 1.13 bits per heavy atom. The maximum Gasteiger partial charge on any atom is 0.171 e. The molecule has 3 rings (SSSR count). The predicted octanol–water partition coefficient (Wildman–Crippen LogP) is 2.66. The fourth-order valence-corrected chi connectivity index (χ4v) is 2.84. The number of ether oxygens (including phenoxy) is 2.